The highest BCUT2D eigenvalue weighted by Crippen LogP contribution is 2.21. The van der Waals surface area contributed by atoms with Crippen molar-refractivity contribution in [2.24, 2.45) is 0 Å². The van der Waals surface area contributed by atoms with Crippen LogP contribution in [-0.2, 0) is 11.3 Å². The quantitative estimate of drug-likeness (QED) is 0.672. The van der Waals surface area contributed by atoms with E-state index >= 15 is 0 Å². The molecule has 0 saturated heterocycles. The van der Waals surface area contributed by atoms with Crippen molar-refractivity contribution in [1.82, 2.24) is 10.6 Å². The van der Waals surface area contributed by atoms with Crippen LogP contribution < -0.4 is 15.4 Å². The molecule has 0 aliphatic rings. The lowest BCUT2D eigenvalue weighted by Gasteiger charge is -2.14. The van der Waals surface area contributed by atoms with Gasteiger partial charge in [-0.25, -0.2) is 0 Å². The van der Waals surface area contributed by atoms with E-state index in [2.05, 4.69) is 10.6 Å². The van der Waals surface area contributed by atoms with Crippen molar-refractivity contribution < 1.29 is 18.7 Å². The van der Waals surface area contributed by atoms with Crippen LogP contribution in [0, 0.1) is 0 Å². The number of hydrogen-bond donors (Lipinski definition) is 2. The molecule has 3 aromatic rings. The molecule has 27 heavy (non-hydrogen) atoms. The van der Waals surface area contributed by atoms with Crippen molar-refractivity contribution in [3.63, 3.8) is 0 Å². The molecule has 1 atom stereocenters. The largest absolute Gasteiger partial charge is 0.472 e. The topological polar surface area (TPSA) is 80.6 Å². The minimum Gasteiger partial charge on any atom is -0.472 e. The van der Waals surface area contributed by atoms with E-state index in [4.69, 9.17) is 9.15 Å². The van der Waals surface area contributed by atoms with Gasteiger partial charge < -0.3 is 19.8 Å². The maximum Gasteiger partial charge on any atom is 0.255 e. The molecule has 0 fully saturated rings. The number of carbonyl (C=O) groups excluding carboxylic acids is 2. The smallest absolute Gasteiger partial charge is 0.255 e. The maximum absolute atomic E-state index is 12.2. The maximum atomic E-state index is 12.2. The van der Waals surface area contributed by atoms with Gasteiger partial charge in [0, 0.05) is 6.54 Å². The molecule has 1 aromatic heterocycles. The third-order valence-corrected chi connectivity index (χ3v) is 3.87. The van der Waals surface area contributed by atoms with Gasteiger partial charge in [0.2, 0.25) is 5.91 Å². The molecule has 6 nitrogen and oxygen atoms in total. The van der Waals surface area contributed by atoms with Crippen molar-refractivity contribution in [2.75, 3.05) is 0 Å². The lowest BCUT2D eigenvalue weighted by Crippen LogP contribution is -2.44. The third-order valence-electron chi connectivity index (χ3n) is 3.87. The minimum absolute atomic E-state index is 0.277. The number of furan rings is 1. The summed E-state index contributed by atoms with van der Waals surface area (Å²) < 4.78 is 10.7. The normalized spacial score (nSPS) is 11.4. The highest BCUT2D eigenvalue weighted by atomic mass is 16.5. The fourth-order valence-electron chi connectivity index (χ4n) is 2.43. The lowest BCUT2D eigenvalue weighted by molar-refractivity contribution is -0.122. The first-order valence-corrected chi connectivity index (χ1v) is 8.54. The van der Waals surface area contributed by atoms with E-state index in [1.165, 1.54) is 18.6 Å². The molecular formula is C21H20N2O4. The van der Waals surface area contributed by atoms with Crippen molar-refractivity contribution in [3.8, 4) is 11.5 Å². The van der Waals surface area contributed by atoms with E-state index in [9.17, 15) is 9.59 Å². The molecule has 0 aliphatic heterocycles. The summed E-state index contributed by atoms with van der Waals surface area (Å²) in [6.07, 6.45) is 2.74. The van der Waals surface area contributed by atoms with Crippen LogP contribution in [0.3, 0.4) is 0 Å². The second-order valence-electron chi connectivity index (χ2n) is 5.99. The van der Waals surface area contributed by atoms with E-state index in [1.54, 1.807) is 6.92 Å². The monoisotopic (exact) mass is 364 g/mol. The third kappa shape index (κ3) is 5.22. The number of amides is 2. The van der Waals surface area contributed by atoms with Crippen molar-refractivity contribution >= 4 is 11.8 Å². The van der Waals surface area contributed by atoms with Gasteiger partial charge in [-0.15, -0.1) is 0 Å². The zero-order valence-corrected chi connectivity index (χ0v) is 14.8. The second-order valence-corrected chi connectivity index (χ2v) is 5.99. The summed E-state index contributed by atoms with van der Waals surface area (Å²) in [5, 5.41) is 5.43. The average Bonchev–Trinajstić information content (AvgIpc) is 3.22. The molecule has 2 aromatic carbocycles. The van der Waals surface area contributed by atoms with Gasteiger partial charge in [-0.3, -0.25) is 9.59 Å². The molecular weight excluding hydrogens is 344 g/mol. The molecule has 0 unspecified atom stereocenters. The van der Waals surface area contributed by atoms with Crippen LogP contribution in [0.5, 0.6) is 11.5 Å². The van der Waals surface area contributed by atoms with Gasteiger partial charge in [0.15, 0.2) is 0 Å². The Bertz CT molecular complexity index is 892. The highest BCUT2D eigenvalue weighted by Gasteiger charge is 2.17. The molecule has 0 saturated carbocycles. The van der Waals surface area contributed by atoms with E-state index in [0.29, 0.717) is 17.9 Å². The molecule has 1 heterocycles. The van der Waals surface area contributed by atoms with Crippen molar-refractivity contribution in [2.45, 2.75) is 19.5 Å². The summed E-state index contributed by atoms with van der Waals surface area (Å²) in [7, 11) is 0. The van der Waals surface area contributed by atoms with Gasteiger partial charge >= 0.3 is 0 Å². The van der Waals surface area contributed by atoms with Crippen molar-refractivity contribution in [3.05, 3.63) is 84.3 Å². The fraction of sp³-hybridized carbons (Fsp3) is 0.143. The Morgan fingerprint density at radius 2 is 1.81 bits per heavy atom. The molecule has 0 spiro atoms. The molecule has 0 aliphatic carbocycles. The number of rotatable bonds is 7. The minimum atomic E-state index is -0.670. The summed E-state index contributed by atoms with van der Waals surface area (Å²) in [6, 6.07) is 17.8. The Labute approximate surface area is 157 Å². The van der Waals surface area contributed by atoms with Gasteiger partial charge in [-0.2, -0.15) is 0 Å². The standard InChI is InChI=1S/C21H20N2O4/c1-15(23-21(25)17-10-11-26-14-17)20(24)22-13-16-6-5-9-19(12-16)27-18-7-3-2-4-8-18/h2-12,14-15H,13H2,1H3,(H,22,24)(H,23,25)/t15-/m0/s1. The Hall–Kier alpha value is -3.54. The SMILES string of the molecule is C[C@H](NC(=O)c1ccoc1)C(=O)NCc1cccc(Oc2ccccc2)c1. The van der Waals surface area contributed by atoms with Gasteiger partial charge in [0.25, 0.3) is 5.91 Å². The van der Waals surface area contributed by atoms with Gasteiger partial charge in [0.1, 0.15) is 23.8 Å². The fourth-order valence-corrected chi connectivity index (χ4v) is 2.43. The Morgan fingerprint density at radius 3 is 2.56 bits per heavy atom. The zero-order valence-electron chi connectivity index (χ0n) is 14.8. The van der Waals surface area contributed by atoms with Crippen LogP contribution in [0.15, 0.2) is 77.6 Å². The van der Waals surface area contributed by atoms with Crippen LogP contribution >= 0.6 is 0 Å². The first-order valence-electron chi connectivity index (χ1n) is 8.54. The molecule has 2 amide bonds. The molecule has 3 rings (SSSR count). The lowest BCUT2D eigenvalue weighted by atomic mass is 10.2. The van der Waals surface area contributed by atoms with Crippen LogP contribution in [0.2, 0.25) is 0 Å². The summed E-state index contributed by atoms with van der Waals surface area (Å²) >= 11 is 0. The molecule has 138 valence electrons. The molecule has 0 bridgehead atoms. The van der Waals surface area contributed by atoms with Crippen LogP contribution in [0.25, 0.3) is 0 Å². The highest BCUT2D eigenvalue weighted by molar-refractivity contribution is 5.97. The van der Waals surface area contributed by atoms with Crippen LogP contribution in [-0.4, -0.2) is 17.9 Å². The number of benzene rings is 2. The van der Waals surface area contributed by atoms with Crippen LogP contribution in [0.1, 0.15) is 22.8 Å². The van der Waals surface area contributed by atoms with E-state index in [1.807, 2.05) is 54.6 Å². The van der Waals surface area contributed by atoms with Crippen LogP contribution in [0.4, 0.5) is 0 Å². The van der Waals surface area contributed by atoms with E-state index < -0.39 is 6.04 Å². The second kappa shape index (κ2) is 8.71. The Morgan fingerprint density at radius 1 is 1.04 bits per heavy atom. The summed E-state index contributed by atoms with van der Waals surface area (Å²) in [5.74, 6) is 0.800. The van der Waals surface area contributed by atoms with Gasteiger partial charge in [-0.05, 0) is 42.8 Å². The molecule has 2 N–H and O–H groups in total. The van der Waals surface area contributed by atoms with Gasteiger partial charge in [0.05, 0.1) is 11.8 Å². The zero-order chi connectivity index (χ0) is 19.1. The molecule has 0 radical (unpaired) electrons. The number of carbonyl (C=O) groups is 2. The predicted octanol–water partition coefficient (Wildman–Crippen LogP) is 3.51. The number of para-hydroxylation sites is 1. The van der Waals surface area contributed by atoms with E-state index in [0.717, 1.165) is 11.3 Å². The summed E-state index contributed by atoms with van der Waals surface area (Å²) in [5.41, 5.74) is 1.27. The van der Waals surface area contributed by atoms with E-state index in [-0.39, 0.29) is 11.8 Å². The first-order chi connectivity index (χ1) is 13.1. The summed E-state index contributed by atoms with van der Waals surface area (Å²) in [4.78, 5) is 24.2. The first kappa shape index (κ1) is 18.3. The molecule has 6 heteroatoms. The van der Waals surface area contributed by atoms with Crippen molar-refractivity contribution in [1.29, 1.82) is 0 Å². The van der Waals surface area contributed by atoms with Gasteiger partial charge in [-0.1, -0.05) is 30.3 Å². The summed E-state index contributed by atoms with van der Waals surface area (Å²) in [6.45, 7) is 1.96. The number of ether oxygens (including phenoxy) is 1. The number of hydrogen-bond acceptors (Lipinski definition) is 4. The predicted molar refractivity (Wildman–Crippen MR) is 100 cm³/mol. The average molecular weight is 364 g/mol. The Balaban J connectivity index is 1.52. The number of nitrogens with one attached hydrogen (secondary N) is 2. The Kier molecular flexibility index (Phi) is 5.89.